The Bertz CT molecular complexity index is 329. The number of benzene rings is 1. The molecule has 1 saturated carbocycles. The van der Waals surface area contributed by atoms with Gasteiger partial charge in [0.1, 0.15) is 12.4 Å². The van der Waals surface area contributed by atoms with Crippen LogP contribution in [0.4, 0.5) is 0 Å². The zero-order chi connectivity index (χ0) is 12.6. The summed E-state index contributed by atoms with van der Waals surface area (Å²) in [6.45, 7) is 1.21. The highest BCUT2D eigenvalue weighted by Crippen LogP contribution is 2.19. The van der Waals surface area contributed by atoms with Crippen LogP contribution in [-0.4, -0.2) is 25.4 Å². The lowest BCUT2D eigenvalue weighted by Crippen LogP contribution is -2.36. The fourth-order valence-electron chi connectivity index (χ4n) is 2.38. The highest BCUT2D eigenvalue weighted by Gasteiger charge is 2.20. The normalized spacial score (nSPS) is 24.5. The summed E-state index contributed by atoms with van der Waals surface area (Å²) < 4.78 is 11.4. The molecule has 0 heterocycles. The minimum Gasteiger partial charge on any atom is -0.491 e. The Morgan fingerprint density at radius 2 is 1.78 bits per heavy atom. The van der Waals surface area contributed by atoms with E-state index in [1.807, 2.05) is 30.3 Å². The second kappa shape index (κ2) is 7.39. The van der Waals surface area contributed by atoms with Gasteiger partial charge in [-0.3, -0.25) is 0 Å². The van der Waals surface area contributed by atoms with Crippen LogP contribution in [0.5, 0.6) is 5.75 Å². The summed E-state index contributed by atoms with van der Waals surface area (Å²) in [5, 5.41) is 0. The Hall–Kier alpha value is -1.06. The average molecular weight is 249 g/mol. The number of para-hydroxylation sites is 1. The minimum atomic E-state index is 0.198. The first kappa shape index (κ1) is 13.4. The van der Waals surface area contributed by atoms with Gasteiger partial charge in [-0.25, -0.2) is 0 Å². The van der Waals surface area contributed by atoms with Crippen LogP contribution >= 0.6 is 0 Å². The number of nitrogens with two attached hydrogens (primary N) is 1. The Morgan fingerprint density at radius 1 is 1.00 bits per heavy atom. The zero-order valence-corrected chi connectivity index (χ0v) is 10.9. The summed E-state index contributed by atoms with van der Waals surface area (Å²) >= 11 is 0. The molecule has 1 aromatic carbocycles. The van der Waals surface area contributed by atoms with Gasteiger partial charge in [0.25, 0.3) is 0 Å². The third kappa shape index (κ3) is 4.31. The summed E-state index contributed by atoms with van der Waals surface area (Å²) in [4.78, 5) is 0. The molecule has 0 saturated heterocycles. The first-order valence-electron chi connectivity index (χ1n) is 6.91. The van der Waals surface area contributed by atoms with Crippen LogP contribution in [0.2, 0.25) is 0 Å². The van der Waals surface area contributed by atoms with Gasteiger partial charge < -0.3 is 15.2 Å². The van der Waals surface area contributed by atoms with Crippen LogP contribution in [0.3, 0.4) is 0 Å². The van der Waals surface area contributed by atoms with E-state index in [-0.39, 0.29) is 12.1 Å². The van der Waals surface area contributed by atoms with Crippen molar-refractivity contribution in [2.45, 2.75) is 44.2 Å². The predicted molar refractivity (Wildman–Crippen MR) is 72.7 cm³/mol. The molecule has 2 atom stereocenters. The van der Waals surface area contributed by atoms with Crippen LogP contribution in [-0.2, 0) is 4.74 Å². The van der Waals surface area contributed by atoms with Crippen molar-refractivity contribution in [3.8, 4) is 5.75 Å². The fourth-order valence-corrected chi connectivity index (χ4v) is 2.38. The maximum Gasteiger partial charge on any atom is 0.119 e. The molecule has 1 aliphatic rings. The molecule has 1 aromatic rings. The van der Waals surface area contributed by atoms with Crippen molar-refractivity contribution in [1.82, 2.24) is 0 Å². The zero-order valence-electron chi connectivity index (χ0n) is 10.9. The first-order chi connectivity index (χ1) is 8.86. The second-order valence-electron chi connectivity index (χ2n) is 4.87. The molecule has 0 radical (unpaired) electrons. The van der Waals surface area contributed by atoms with Gasteiger partial charge in [0.2, 0.25) is 0 Å². The molecule has 2 unspecified atom stereocenters. The third-order valence-corrected chi connectivity index (χ3v) is 3.43. The van der Waals surface area contributed by atoms with Gasteiger partial charge in [-0.1, -0.05) is 37.5 Å². The lowest BCUT2D eigenvalue weighted by atomic mass is 10.1. The molecule has 18 heavy (non-hydrogen) atoms. The number of hydrogen-bond acceptors (Lipinski definition) is 3. The van der Waals surface area contributed by atoms with Crippen molar-refractivity contribution in [2.75, 3.05) is 13.2 Å². The van der Waals surface area contributed by atoms with Crippen molar-refractivity contribution >= 4 is 0 Å². The van der Waals surface area contributed by atoms with Crippen LogP contribution in [0.15, 0.2) is 30.3 Å². The van der Waals surface area contributed by atoms with E-state index in [1.165, 1.54) is 19.3 Å². The molecular formula is C15H23NO2. The van der Waals surface area contributed by atoms with E-state index < -0.39 is 0 Å². The number of hydrogen-bond donors (Lipinski definition) is 1. The van der Waals surface area contributed by atoms with Gasteiger partial charge in [-0.2, -0.15) is 0 Å². The molecule has 2 rings (SSSR count). The minimum absolute atomic E-state index is 0.198. The van der Waals surface area contributed by atoms with E-state index in [9.17, 15) is 0 Å². The first-order valence-corrected chi connectivity index (χ1v) is 6.91. The standard InChI is InChI=1S/C15H23NO2/c16-14-9-5-2-6-10-15(14)18-12-11-17-13-7-3-1-4-8-13/h1,3-4,7-8,14-15H,2,5-6,9-12,16H2. The predicted octanol–water partition coefficient (Wildman–Crippen LogP) is 2.74. The van der Waals surface area contributed by atoms with Crippen molar-refractivity contribution in [3.05, 3.63) is 30.3 Å². The topological polar surface area (TPSA) is 44.5 Å². The molecule has 2 N–H and O–H groups in total. The van der Waals surface area contributed by atoms with Crippen LogP contribution in [0.1, 0.15) is 32.1 Å². The maximum atomic E-state index is 6.11. The van der Waals surface area contributed by atoms with E-state index in [1.54, 1.807) is 0 Å². The third-order valence-electron chi connectivity index (χ3n) is 3.43. The molecule has 0 bridgehead atoms. The Labute approximate surface area is 109 Å². The Balaban J connectivity index is 1.65. The molecule has 100 valence electrons. The van der Waals surface area contributed by atoms with Gasteiger partial charge in [-0.15, -0.1) is 0 Å². The molecular weight excluding hydrogens is 226 g/mol. The SMILES string of the molecule is NC1CCCCCC1OCCOc1ccccc1. The summed E-state index contributed by atoms with van der Waals surface area (Å²) in [6, 6.07) is 10.0. The molecule has 1 fully saturated rings. The molecule has 0 aliphatic heterocycles. The smallest absolute Gasteiger partial charge is 0.119 e. The van der Waals surface area contributed by atoms with Crippen molar-refractivity contribution < 1.29 is 9.47 Å². The number of ether oxygens (including phenoxy) is 2. The molecule has 3 nitrogen and oxygen atoms in total. The molecule has 0 aromatic heterocycles. The van der Waals surface area contributed by atoms with E-state index in [4.69, 9.17) is 15.2 Å². The summed E-state index contributed by atoms with van der Waals surface area (Å²) in [7, 11) is 0. The van der Waals surface area contributed by atoms with Crippen molar-refractivity contribution in [2.24, 2.45) is 5.73 Å². The van der Waals surface area contributed by atoms with Crippen molar-refractivity contribution in [3.63, 3.8) is 0 Å². The molecule has 3 heteroatoms. The van der Waals surface area contributed by atoms with Crippen molar-refractivity contribution in [1.29, 1.82) is 0 Å². The van der Waals surface area contributed by atoms with E-state index in [2.05, 4.69) is 0 Å². The second-order valence-corrected chi connectivity index (χ2v) is 4.87. The summed E-state index contributed by atoms with van der Waals surface area (Å²) in [6.07, 6.45) is 6.15. The average Bonchev–Trinajstić information content (AvgIpc) is 2.61. The molecule has 0 amide bonds. The number of rotatable bonds is 5. The summed E-state index contributed by atoms with van der Waals surface area (Å²) in [5.41, 5.74) is 6.11. The molecule has 1 aliphatic carbocycles. The monoisotopic (exact) mass is 249 g/mol. The quantitative estimate of drug-likeness (QED) is 0.644. The lowest BCUT2D eigenvalue weighted by molar-refractivity contribution is 0.0152. The van der Waals surface area contributed by atoms with E-state index in [0.717, 1.165) is 18.6 Å². The molecule has 0 spiro atoms. The van der Waals surface area contributed by atoms with Gasteiger partial charge in [0, 0.05) is 6.04 Å². The van der Waals surface area contributed by atoms with Gasteiger partial charge in [0.15, 0.2) is 0 Å². The Morgan fingerprint density at radius 3 is 2.61 bits per heavy atom. The van der Waals surface area contributed by atoms with Gasteiger partial charge in [-0.05, 0) is 25.0 Å². The maximum absolute atomic E-state index is 6.11. The fraction of sp³-hybridized carbons (Fsp3) is 0.600. The highest BCUT2D eigenvalue weighted by molar-refractivity contribution is 5.20. The lowest BCUT2D eigenvalue weighted by Gasteiger charge is -2.21. The van der Waals surface area contributed by atoms with Crippen LogP contribution in [0, 0.1) is 0 Å². The van der Waals surface area contributed by atoms with E-state index >= 15 is 0 Å². The Kier molecular flexibility index (Phi) is 5.49. The van der Waals surface area contributed by atoms with E-state index in [0.29, 0.717) is 13.2 Å². The summed E-state index contributed by atoms with van der Waals surface area (Å²) in [5.74, 6) is 0.895. The largest absolute Gasteiger partial charge is 0.491 e. The van der Waals surface area contributed by atoms with Gasteiger partial charge >= 0.3 is 0 Å². The van der Waals surface area contributed by atoms with Gasteiger partial charge in [0.05, 0.1) is 12.7 Å². The van der Waals surface area contributed by atoms with Crippen LogP contribution < -0.4 is 10.5 Å². The van der Waals surface area contributed by atoms with Crippen LogP contribution in [0.25, 0.3) is 0 Å². The highest BCUT2D eigenvalue weighted by atomic mass is 16.5.